The van der Waals surface area contributed by atoms with Crippen LogP contribution in [0.5, 0.6) is 0 Å². The summed E-state index contributed by atoms with van der Waals surface area (Å²) >= 11 is 6.17. The largest absolute Gasteiger partial charge is 0.451 e. The number of likely N-dealkylation sites (tertiary alicyclic amines) is 1. The monoisotopic (exact) mass is 332 g/mol. The number of rotatable bonds is 3. The summed E-state index contributed by atoms with van der Waals surface area (Å²) in [5.41, 5.74) is 6.74. The molecule has 1 unspecified atom stereocenters. The summed E-state index contributed by atoms with van der Waals surface area (Å²) in [5.74, 6) is 1.41. The van der Waals surface area contributed by atoms with Gasteiger partial charge >= 0.3 is 0 Å². The van der Waals surface area contributed by atoms with E-state index in [0.717, 1.165) is 31.5 Å². The highest BCUT2D eigenvalue weighted by atomic mass is 35.5. The standard InChI is InChI=1S/C18H21ClN2O2/c1-12(20)13-8-10-21(11-9-13)18(22)17-7-6-16(23-17)14-4-2-3-5-15(14)19/h2-7,12-13H,8-11,20H2,1H3. The van der Waals surface area contributed by atoms with Crippen molar-refractivity contribution in [2.24, 2.45) is 11.7 Å². The molecule has 0 saturated carbocycles. The van der Waals surface area contributed by atoms with Gasteiger partial charge in [0, 0.05) is 24.7 Å². The van der Waals surface area contributed by atoms with Gasteiger partial charge in [0.15, 0.2) is 5.76 Å². The second-order valence-electron chi connectivity index (χ2n) is 6.13. The van der Waals surface area contributed by atoms with Crippen LogP contribution in [0.25, 0.3) is 11.3 Å². The maximum Gasteiger partial charge on any atom is 0.289 e. The van der Waals surface area contributed by atoms with E-state index in [9.17, 15) is 4.79 Å². The lowest BCUT2D eigenvalue weighted by atomic mass is 9.91. The van der Waals surface area contributed by atoms with Crippen LogP contribution < -0.4 is 5.73 Å². The van der Waals surface area contributed by atoms with Crippen LogP contribution >= 0.6 is 11.6 Å². The lowest BCUT2D eigenvalue weighted by Crippen LogP contribution is -2.42. The molecular weight excluding hydrogens is 312 g/mol. The number of hydrogen-bond donors (Lipinski definition) is 1. The maximum absolute atomic E-state index is 12.6. The van der Waals surface area contributed by atoms with Crippen molar-refractivity contribution >= 4 is 17.5 Å². The maximum atomic E-state index is 12.6. The Balaban J connectivity index is 1.71. The van der Waals surface area contributed by atoms with Crippen molar-refractivity contribution in [3.63, 3.8) is 0 Å². The number of hydrogen-bond acceptors (Lipinski definition) is 3. The summed E-state index contributed by atoms with van der Waals surface area (Å²) in [5, 5.41) is 0.610. The van der Waals surface area contributed by atoms with E-state index in [2.05, 4.69) is 0 Å². The molecule has 1 aliphatic rings. The molecule has 1 amide bonds. The number of nitrogens with zero attached hydrogens (tertiary/aromatic N) is 1. The van der Waals surface area contributed by atoms with E-state index in [1.807, 2.05) is 30.0 Å². The van der Waals surface area contributed by atoms with Gasteiger partial charge in [0.05, 0.1) is 5.02 Å². The first-order valence-electron chi connectivity index (χ1n) is 7.96. The zero-order chi connectivity index (χ0) is 16.4. The average molecular weight is 333 g/mol. The van der Waals surface area contributed by atoms with Gasteiger partial charge in [-0.25, -0.2) is 0 Å². The lowest BCUT2D eigenvalue weighted by molar-refractivity contribution is 0.0650. The molecule has 1 saturated heterocycles. The molecule has 0 bridgehead atoms. The lowest BCUT2D eigenvalue weighted by Gasteiger charge is -2.33. The Morgan fingerprint density at radius 3 is 2.61 bits per heavy atom. The quantitative estimate of drug-likeness (QED) is 0.930. The Kier molecular flexibility index (Phi) is 4.74. The summed E-state index contributed by atoms with van der Waals surface area (Å²) < 4.78 is 5.74. The molecule has 2 N–H and O–H groups in total. The van der Waals surface area contributed by atoms with E-state index in [0.29, 0.717) is 22.5 Å². The fourth-order valence-electron chi connectivity index (χ4n) is 3.04. The molecule has 3 rings (SSSR count). The van der Waals surface area contributed by atoms with Crippen molar-refractivity contribution in [2.75, 3.05) is 13.1 Å². The number of piperidine rings is 1. The fourth-order valence-corrected chi connectivity index (χ4v) is 3.27. The number of furan rings is 1. The van der Waals surface area contributed by atoms with E-state index in [-0.39, 0.29) is 11.9 Å². The number of nitrogens with two attached hydrogens (primary N) is 1. The van der Waals surface area contributed by atoms with Crippen molar-refractivity contribution in [2.45, 2.75) is 25.8 Å². The zero-order valence-electron chi connectivity index (χ0n) is 13.2. The molecular formula is C18H21ClN2O2. The molecule has 1 fully saturated rings. The smallest absolute Gasteiger partial charge is 0.289 e. The number of carbonyl (C=O) groups excluding carboxylic acids is 1. The van der Waals surface area contributed by atoms with Gasteiger partial charge in [0.2, 0.25) is 0 Å². The summed E-state index contributed by atoms with van der Waals surface area (Å²) in [7, 11) is 0. The van der Waals surface area contributed by atoms with Crippen LogP contribution in [-0.4, -0.2) is 29.9 Å². The molecule has 1 aliphatic heterocycles. The number of amides is 1. The Morgan fingerprint density at radius 2 is 1.96 bits per heavy atom. The molecule has 1 aromatic heterocycles. The first-order valence-corrected chi connectivity index (χ1v) is 8.33. The van der Waals surface area contributed by atoms with Crippen molar-refractivity contribution in [1.29, 1.82) is 0 Å². The molecule has 0 spiro atoms. The third-order valence-corrected chi connectivity index (χ3v) is 4.86. The van der Waals surface area contributed by atoms with Crippen molar-refractivity contribution in [1.82, 2.24) is 4.90 Å². The predicted molar refractivity (Wildman–Crippen MR) is 91.4 cm³/mol. The highest BCUT2D eigenvalue weighted by Crippen LogP contribution is 2.30. The second kappa shape index (κ2) is 6.77. The normalized spacial score (nSPS) is 17.3. The first-order chi connectivity index (χ1) is 11.1. The van der Waals surface area contributed by atoms with E-state index >= 15 is 0 Å². The summed E-state index contributed by atoms with van der Waals surface area (Å²) in [6.45, 7) is 3.49. The molecule has 0 aliphatic carbocycles. The van der Waals surface area contributed by atoms with Gasteiger partial charge in [-0.1, -0.05) is 23.7 Å². The third kappa shape index (κ3) is 3.43. The van der Waals surface area contributed by atoms with Gasteiger partial charge in [0.1, 0.15) is 5.76 Å². The van der Waals surface area contributed by atoms with Gasteiger partial charge in [-0.05, 0) is 49.9 Å². The minimum Gasteiger partial charge on any atom is -0.451 e. The van der Waals surface area contributed by atoms with E-state index in [4.69, 9.17) is 21.8 Å². The van der Waals surface area contributed by atoms with Gasteiger partial charge < -0.3 is 15.1 Å². The van der Waals surface area contributed by atoms with Gasteiger partial charge in [-0.15, -0.1) is 0 Å². The highest BCUT2D eigenvalue weighted by Gasteiger charge is 2.27. The zero-order valence-corrected chi connectivity index (χ0v) is 13.9. The van der Waals surface area contributed by atoms with Crippen LogP contribution in [-0.2, 0) is 0 Å². The van der Waals surface area contributed by atoms with Crippen molar-refractivity contribution in [3.8, 4) is 11.3 Å². The van der Waals surface area contributed by atoms with Gasteiger partial charge in [0.25, 0.3) is 5.91 Å². The van der Waals surface area contributed by atoms with Gasteiger partial charge in [-0.2, -0.15) is 0 Å². The molecule has 23 heavy (non-hydrogen) atoms. The van der Waals surface area contributed by atoms with Crippen LogP contribution in [0.2, 0.25) is 5.02 Å². The molecule has 4 nitrogen and oxygen atoms in total. The molecule has 2 heterocycles. The van der Waals surface area contributed by atoms with Crippen molar-refractivity contribution in [3.05, 3.63) is 47.2 Å². The fraction of sp³-hybridized carbons (Fsp3) is 0.389. The molecule has 2 aromatic rings. The molecule has 122 valence electrons. The van der Waals surface area contributed by atoms with Crippen LogP contribution in [0.4, 0.5) is 0 Å². The SMILES string of the molecule is CC(N)C1CCN(C(=O)c2ccc(-c3ccccc3Cl)o2)CC1. The van der Waals surface area contributed by atoms with E-state index < -0.39 is 0 Å². The van der Waals surface area contributed by atoms with Crippen LogP contribution in [0.15, 0.2) is 40.8 Å². The second-order valence-corrected chi connectivity index (χ2v) is 6.54. The number of halogens is 1. The van der Waals surface area contributed by atoms with E-state index in [1.165, 1.54) is 0 Å². The van der Waals surface area contributed by atoms with Gasteiger partial charge in [-0.3, -0.25) is 4.79 Å². The Morgan fingerprint density at radius 1 is 1.26 bits per heavy atom. The number of benzene rings is 1. The molecule has 1 aromatic carbocycles. The van der Waals surface area contributed by atoms with Crippen molar-refractivity contribution < 1.29 is 9.21 Å². The third-order valence-electron chi connectivity index (χ3n) is 4.53. The topological polar surface area (TPSA) is 59.5 Å². The predicted octanol–water partition coefficient (Wildman–Crippen LogP) is 3.80. The van der Waals surface area contributed by atoms with Crippen LogP contribution in [0.3, 0.4) is 0 Å². The van der Waals surface area contributed by atoms with Crippen LogP contribution in [0, 0.1) is 5.92 Å². The molecule has 1 atom stereocenters. The summed E-state index contributed by atoms with van der Waals surface area (Å²) in [4.78, 5) is 14.4. The minimum absolute atomic E-state index is 0.0635. The molecule has 0 radical (unpaired) electrons. The minimum atomic E-state index is -0.0635. The Bertz CT molecular complexity index is 688. The first kappa shape index (κ1) is 16.1. The van der Waals surface area contributed by atoms with E-state index in [1.54, 1.807) is 18.2 Å². The van der Waals surface area contributed by atoms with Crippen LogP contribution in [0.1, 0.15) is 30.3 Å². The summed E-state index contributed by atoms with van der Waals surface area (Å²) in [6, 6.07) is 11.1. The number of carbonyl (C=O) groups is 1. The molecule has 5 heteroatoms. The summed E-state index contributed by atoms with van der Waals surface area (Å²) in [6.07, 6.45) is 1.89. The average Bonchev–Trinajstić information content (AvgIpc) is 3.04. The Hall–Kier alpha value is -1.78. The Labute approximate surface area is 141 Å². The highest BCUT2D eigenvalue weighted by molar-refractivity contribution is 6.33.